The lowest BCUT2D eigenvalue weighted by Gasteiger charge is -2.06. The number of nitrogens with two attached hydrogens (primary N) is 1. The molecule has 0 aliphatic heterocycles. The average molecular weight is 287 g/mol. The largest absolute Gasteiger partial charge is 0.384 e. The Balaban J connectivity index is 2.32. The van der Waals surface area contributed by atoms with E-state index in [1.165, 1.54) is 0 Å². The molecule has 0 aliphatic carbocycles. The number of hydrogen-bond donors (Lipinski definition) is 2. The van der Waals surface area contributed by atoms with Crippen LogP contribution in [-0.4, -0.2) is 25.4 Å². The monoisotopic (exact) mass is 286 g/mol. The van der Waals surface area contributed by atoms with Crippen LogP contribution in [0.3, 0.4) is 0 Å². The van der Waals surface area contributed by atoms with Crippen LogP contribution in [0.15, 0.2) is 36.7 Å². The number of nitrogens with zero attached hydrogens (tertiary/aromatic N) is 4. The molecular formula is C13H11ClN6. The molecule has 3 aromatic heterocycles. The van der Waals surface area contributed by atoms with Gasteiger partial charge in [-0.25, -0.2) is 9.50 Å². The van der Waals surface area contributed by atoms with Crippen LogP contribution in [0.1, 0.15) is 11.4 Å². The Kier molecular flexibility index (Phi) is 3.08. The molecule has 7 heteroatoms. The molecule has 3 rings (SSSR count). The quantitative estimate of drug-likeness (QED) is 0.436. The van der Waals surface area contributed by atoms with Crippen LogP contribution < -0.4 is 5.73 Å². The summed E-state index contributed by atoms with van der Waals surface area (Å²) < 4.78 is 1.66. The van der Waals surface area contributed by atoms with Crippen LogP contribution in [-0.2, 0) is 5.88 Å². The van der Waals surface area contributed by atoms with Gasteiger partial charge in [-0.15, -0.1) is 16.7 Å². The second-order valence-electron chi connectivity index (χ2n) is 4.18. The summed E-state index contributed by atoms with van der Waals surface area (Å²) in [4.78, 5) is 8.32. The van der Waals surface area contributed by atoms with E-state index in [1.54, 1.807) is 23.0 Å². The Morgan fingerprint density at radius 3 is 2.65 bits per heavy atom. The fraction of sp³-hybridized carbons (Fsp3) is 0.0769. The zero-order chi connectivity index (χ0) is 14.1. The number of nitrogens with one attached hydrogen (secondary N) is 1. The highest BCUT2D eigenvalue weighted by Crippen LogP contribution is 2.21. The van der Waals surface area contributed by atoms with Crippen LogP contribution in [0.2, 0.25) is 0 Å². The Morgan fingerprint density at radius 2 is 2.00 bits per heavy atom. The van der Waals surface area contributed by atoms with Crippen molar-refractivity contribution in [1.29, 1.82) is 5.41 Å². The predicted molar refractivity (Wildman–Crippen MR) is 76.8 cm³/mol. The number of fused-ring (bicyclic) bond motifs is 1. The predicted octanol–water partition coefficient (Wildman–Crippen LogP) is 1.81. The molecule has 3 N–H and O–H groups in total. The molecule has 6 nitrogen and oxygen atoms in total. The second-order valence-corrected chi connectivity index (χ2v) is 4.45. The van der Waals surface area contributed by atoms with Gasteiger partial charge in [0.2, 0.25) is 0 Å². The summed E-state index contributed by atoms with van der Waals surface area (Å²) in [5.74, 6) is 0.648. The van der Waals surface area contributed by atoms with Crippen LogP contribution in [0.5, 0.6) is 0 Å². The third-order valence-electron chi connectivity index (χ3n) is 2.91. The van der Waals surface area contributed by atoms with Crippen molar-refractivity contribution in [3.63, 3.8) is 0 Å². The molecule has 0 unspecified atom stereocenters. The third kappa shape index (κ3) is 2.00. The van der Waals surface area contributed by atoms with Crippen molar-refractivity contribution in [3.05, 3.63) is 48.0 Å². The molecule has 0 saturated heterocycles. The van der Waals surface area contributed by atoms with Gasteiger partial charge in [0, 0.05) is 18.0 Å². The number of rotatable bonds is 3. The van der Waals surface area contributed by atoms with Gasteiger partial charge in [-0.05, 0) is 24.3 Å². The molecule has 0 aliphatic rings. The summed E-state index contributed by atoms with van der Waals surface area (Å²) in [6.07, 6.45) is 3.42. The van der Waals surface area contributed by atoms with E-state index in [9.17, 15) is 0 Å². The van der Waals surface area contributed by atoms with Gasteiger partial charge in [0.05, 0.1) is 17.1 Å². The number of pyridine rings is 2. The van der Waals surface area contributed by atoms with Crippen LogP contribution in [0, 0.1) is 5.41 Å². The summed E-state index contributed by atoms with van der Waals surface area (Å²) >= 11 is 5.80. The molecule has 0 aromatic carbocycles. The van der Waals surface area contributed by atoms with E-state index in [0.29, 0.717) is 17.0 Å². The van der Waals surface area contributed by atoms with Crippen LogP contribution >= 0.6 is 11.6 Å². The van der Waals surface area contributed by atoms with Crippen molar-refractivity contribution in [2.45, 2.75) is 5.88 Å². The van der Waals surface area contributed by atoms with Gasteiger partial charge >= 0.3 is 0 Å². The Hall–Kier alpha value is -2.47. The fourth-order valence-corrected chi connectivity index (χ4v) is 2.13. The zero-order valence-corrected chi connectivity index (χ0v) is 11.2. The Bertz CT molecular complexity index is 780. The first-order valence-electron chi connectivity index (χ1n) is 5.90. The molecule has 3 heterocycles. The lowest BCUT2D eigenvalue weighted by molar-refractivity contribution is 0.928. The molecule has 100 valence electrons. The first-order chi connectivity index (χ1) is 9.70. The maximum absolute atomic E-state index is 7.61. The third-order valence-corrected chi connectivity index (χ3v) is 3.15. The van der Waals surface area contributed by atoms with Gasteiger partial charge in [0.1, 0.15) is 5.84 Å². The van der Waals surface area contributed by atoms with E-state index in [-0.39, 0.29) is 11.7 Å². The van der Waals surface area contributed by atoms with E-state index in [0.717, 1.165) is 11.3 Å². The van der Waals surface area contributed by atoms with Gasteiger partial charge in [0.25, 0.3) is 0 Å². The Morgan fingerprint density at radius 1 is 1.25 bits per heavy atom. The fourth-order valence-electron chi connectivity index (χ4n) is 2.01. The first-order valence-corrected chi connectivity index (χ1v) is 6.43. The molecule has 0 atom stereocenters. The number of nitrogen functional groups attached to an aromatic ring is 1. The molecule has 0 radical (unpaired) electrons. The van der Waals surface area contributed by atoms with Crippen molar-refractivity contribution in [2.75, 3.05) is 0 Å². The maximum Gasteiger partial charge on any atom is 0.167 e. The highest BCUT2D eigenvalue weighted by Gasteiger charge is 2.14. The van der Waals surface area contributed by atoms with E-state index < -0.39 is 0 Å². The molecule has 0 spiro atoms. The van der Waals surface area contributed by atoms with Gasteiger partial charge in [-0.2, -0.15) is 0 Å². The minimum Gasteiger partial charge on any atom is -0.384 e. The zero-order valence-electron chi connectivity index (χ0n) is 10.4. The maximum atomic E-state index is 7.61. The minimum absolute atomic E-state index is 0.0511. The first kappa shape index (κ1) is 12.6. The molecule has 0 fully saturated rings. The van der Waals surface area contributed by atoms with Crippen molar-refractivity contribution in [3.8, 4) is 11.3 Å². The van der Waals surface area contributed by atoms with Crippen LogP contribution in [0.4, 0.5) is 0 Å². The lowest BCUT2D eigenvalue weighted by atomic mass is 10.1. The molecule has 0 saturated carbocycles. The van der Waals surface area contributed by atoms with E-state index in [4.69, 9.17) is 22.7 Å². The minimum atomic E-state index is -0.0511. The highest BCUT2D eigenvalue weighted by atomic mass is 35.5. The number of alkyl halides is 1. The standard InChI is InChI=1S/C13H11ClN6/c14-7-11-18-13-9(12(15)16)1-2-10(20(13)19-11)8-3-5-17-6-4-8/h1-6H,7H2,(H3,15,16). The van der Waals surface area contributed by atoms with Crippen molar-refractivity contribution in [1.82, 2.24) is 19.6 Å². The second kappa shape index (κ2) is 4.90. The van der Waals surface area contributed by atoms with Crippen molar-refractivity contribution < 1.29 is 0 Å². The van der Waals surface area contributed by atoms with Crippen LogP contribution in [0.25, 0.3) is 16.9 Å². The summed E-state index contributed by atoms with van der Waals surface area (Å²) in [6, 6.07) is 7.38. The Labute approximate surface area is 119 Å². The summed E-state index contributed by atoms with van der Waals surface area (Å²) in [5.41, 5.74) is 8.44. The van der Waals surface area contributed by atoms with E-state index in [1.807, 2.05) is 18.2 Å². The lowest BCUT2D eigenvalue weighted by Crippen LogP contribution is -2.13. The number of aromatic nitrogens is 4. The topological polar surface area (TPSA) is 93.0 Å². The normalized spacial score (nSPS) is 10.8. The number of amidine groups is 1. The van der Waals surface area contributed by atoms with Crippen molar-refractivity contribution in [2.24, 2.45) is 5.73 Å². The van der Waals surface area contributed by atoms with Crippen molar-refractivity contribution >= 4 is 23.1 Å². The molecule has 20 heavy (non-hydrogen) atoms. The molecular weight excluding hydrogens is 276 g/mol. The summed E-state index contributed by atoms with van der Waals surface area (Å²) in [7, 11) is 0. The van der Waals surface area contributed by atoms with Gasteiger partial charge in [-0.1, -0.05) is 0 Å². The molecule has 3 aromatic rings. The molecule has 0 bridgehead atoms. The SMILES string of the molecule is N=C(N)c1ccc(-c2ccncc2)n2nc(CCl)nc12. The number of hydrogen-bond acceptors (Lipinski definition) is 4. The van der Waals surface area contributed by atoms with Gasteiger partial charge in [0.15, 0.2) is 11.5 Å². The van der Waals surface area contributed by atoms with Gasteiger partial charge < -0.3 is 5.73 Å². The average Bonchev–Trinajstić information content (AvgIpc) is 2.90. The highest BCUT2D eigenvalue weighted by molar-refractivity contribution is 6.16. The van der Waals surface area contributed by atoms with Gasteiger partial charge in [-0.3, -0.25) is 10.4 Å². The smallest absolute Gasteiger partial charge is 0.167 e. The summed E-state index contributed by atoms with van der Waals surface area (Å²) in [5, 5.41) is 12.0. The van der Waals surface area contributed by atoms with E-state index in [2.05, 4.69) is 15.1 Å². The van der Waals surface area contributed by atoms with E-state index >= 15 is 0 Å². The summed E-state index contributed by atoms with van der Waals surface area (Å²) in [6.45, 7) is 0. The number of halogens is 1. The molecule has 0 amide bonds.